The van der Waals surface area contributed by atoms with Crippen molar-refractivity contribution in [3.05, 3.63) is 88.4 Å². The fraction of sp³-hybridized carbons (Fsp3) is 0.240. The van der Waals surface area contributed by atoms with Crippen molar-refractivity contribution in [3.8, 4) is 11.5 Å². The van der Waals surface area contributed by atoms with Crippen molar-refractivity contribution in [2.75, 3.05) is 18.5 Å². The van der Waals surface area contributed by atoms with Gasteiger partial charge in [0.2, 0.25) is 0 Å². The van der Waals surface area contributed by atoms with E-state index in [2.05, 4.69) is 40.3 Å². The summed E-state index contributed by atoms with van der Waals surface area (Å²) in [4.78, 5) is 12.7. The molecule has 0 radical (unpaired) electrons. The van der Waals surface area contributed by atoms with E-state index in [1.807, 2.05) is 48.5 Å². The quantitative estimate of drug-likeness (QED) is 0.346. The third-order valence-corrected chi connectivity index (χ3v) is 5.20. The zero-order valence-corrected chi connectivity index (χ0v) is 18.7. The highest BCUT2D eigenvalue weighted by Gasteiger charge is 2.12. The van der Waals surface area contributed by atoms with Gasteiger partial charge in [-0.05, 0) is 58.2 Å². The molecular formula is C25H26BrNO3. The van der Waals surface area contributed by atoms with Gasteiger partial charge in [0.15, 0.2) is 0 Å². The Morgan fingerprint density at radius 1 is 0.900 bits per heavy atom. The van der Waals surface area contributed by atoms with E-state index >= 15 is 0 Å². The van der Waals surface area contributed by atoms with Crippen LogP contribution in [0.25, 0.3) is 0 Å². The van der Waals surface area contributed by atoms with Crippen LogP contribution in [0.5, 0.6) is 11.5 Å². The molecule has 0 saturated heterocycles. The van der Waals surface area contributed by atoms with Crippen molar-refractivity contribution in [2.24, 2.45) is 0 Å². The van der Waals surface area contributed by atoms with Gasteiger partial charge in [-0.15, -0.1) is 0 Å². The minimum atomic E-state index is -0.196. The van der Waals surface area contributed by atoms with E-state index < -0.39 is 0 Å². The van der Waals surface area contributed by atoms with Crippen LogP contribution in [0.3, 0.4) is 0 Å². The molecule has 5 heteroatoms. The van der Waals surface area contributed by atoms with Crippen LogP contribution in [0, 0.1) is 0 Å². The van der Waals surface area contributed by atoms with Crippen LogP contribution in [-0.4, -0.2) is 19.1 Å². The lowest BCUT2D eigenvalue weighted by Crippen LogP contribution is -2.13. The second-order valence-electron chi connectivity index (χ2n) is 6.88. The summed E-state index contributed by atoms with van der Waals surface area (Å²) >= 11 is 3.51. The van der Waals surface area contributed by atoms with E-state index in [0.717, 1.165) is 23.7 Å². The van der Waals surface area contributed by atoms with Gasteiger partial charge in [0.1, 0.15) is 11.5 Å². The Labute approximate surface area is 186 Å². The number of anilines is 1. The monoisotopic (exact) mass is 467 g/mol. The fourth-order valence-electron chi connectivity index (χ4n) is 2.90. The van der Waals surface area contributed by atoms with Crippen LogP contribution in [0.4, 0.5) is 5.69 Å². The molecule has 0 aliphatic heterocycles. The Bertz CT molecular complexity index is 960. The molecule has 1 N–H and O–H groups in total. The summed E-state index contributed by atoms with van der Waals surface area (Å²) in [6, 6.07) is 23.0. The highest BCUT2D eigenvalue weighted by molar-refractivity contribution is 9.10. The van der Waals surface area contributed by atoms with Crippen LogP contribution in [0.1, 0.15) is 35.7 Å². The zero-order chi connectivity index (χ0) is 21.2. The molecule has 0 fully saturated rings. The third-order valence-electron chi connectivity index (χ3n) is 4.58. The Hall–Kier alpha value is -2.79. The number of carbonyl (C=O) groups is 1. The number of unbranched alkanes of at least 4 members (excludes halogenated alkanes) is 1. The highest BCUT2D eigenvalue weighted by Crippen LogP contribution is 2.28. The van der Waals surface area contributed by atoms with Gasteiger partial charge in [-0.2, -0.15) is 0 Å². The van der Waals surface area contributed by atoms with E-state index in [-0.39, 0.29) is 5.91 Å². The maximum atomic E-state index is 12.7. The van der Waals surface area contributed by atoms with Gasteiger partial charge in [0.05, 0.1) is 23.4 Å². The summed E-state index contributed by atoms with van der Waals surface area (Å²) in [5.41, 5.74) is 2.43. The lowest BCUT2D eigenvalue weighted by Gasteiger charge is -2.13. The molecule has 30 heavy (non-hydrogen) atoms. The van der Waals surface area contributed by atoms with Gasteiger partial charge in [0, 0.05) is 12.0 Å². The first kappa shape index (κ1) is 21.9. The molecule has 1 amide bonds. The molecule has 0 atom stereocenters. The number of para-hydroxylation sites is 2. The average molecular weight is 468 g/mol. The van der Waals surface area contributed by atoms with E-state index in [9.17, 15) is 4.79 Å². The van der Waals surface area contributed by atoms with Crippen LogP contribution >= 0.6 is 15.9 Å². The van der Waals surface area contributed by atoms with Crippen LogP contribution in [-0.2, 0) is 6.42 Å². The van der Waals surface area contributed by atoms with Gasteiger partial charge < -0.3 is 14.8 Å². The summed E-state index contributed by atoms with van der Waals surface area (Å²) in [5.74, 6) is 1.20. The number of carbonyl (C=O) groups excluding carboxylic acids is 1. The zero-order valence-electron chi connectivity index (χ0n) is 17.1. The summed E-state index contributed by atoms with van der Waals surface area (Å²) in [6.45, 7) is 3.31. The molecule has 0 aromatic heterocycles. The predicted octanol–water partition coefficient (Wildman–Crippen LogP) is 6.50. The van der Waals surface area contributed by atoms with Crippen molar-refractivity contribution in [1.82, 2.24) is 0 Å². The Kier molecular flexibility index (Phi) is 8.33. The lowest BCUT2D eigenvalue weighted by molar-refractivity contribution is 0.102. The first-order valence-electron chi connectivity index (χ1n) is 10.2. The summed E-state index contributed by atoms with van der Waals surface area (Å²) in [7, 11) is 0. The average Bonchev–Trinajstić information content (AvgIpc) is 2.77. The molecule has 0 spiro atoms. The summed E-state index contributed by atoms with van der Waals surface area (Å²) in [6.07, 6.45) is 2.85. The van der Waals surface area contributed by atoms with Gasteiger partial charge in [-0.1, -0.05) is 55.8 Å². The molecule has 0 heterocycles. The molecule has 4 nitrogen and oxygen atoms in total. The number of benzene rings is 3. The standard InChI is InChI=1S/C25H26BrNO3/c1-2-3-16-29-24-12-8-7-11-22(24)27-25(28)20-13-14-23(21(26)18-20)30-17-15-19-9-5-4-6-10-19/h4-14,18H,2-3,15-17H2,1H3,(H,27,28). The van der Waals surface area contributed by atoms with Gasteiger partial charge >= 0.3 is 0 Å². The fourth-order valence-corrected chi connectivity index (χ4v) is 3.39. The van der Waals surface area contributed by atoms with E-state index in [4.69, 9.17) is 9.47 Å². The summed E-state index contributed by atoms with van der Waals surface area (Å²) < 4.78 is 12.4. The van der Waals surface area contributed by atoms with Crippen molar-refractivity contribution in [2.45, 2.75) is 26.2 Å². The van der Waals surface area contributed by atoms with E-state index in [1.165, 1.54) is 5.56 Å². The molecule has 0 aliphatic rings. The smallest absolute Gasteiger partial charge is 0.255 e. The van der Waals surface area contributed by atoms with Crippen molar-refractivity contribution in [3.63, 3.8) is 0 Å². The largest absolute Gasteiger partial charge is 0.492 e. The van der Waals surface area contributed by atoms with Crippen LogP contribution in [0.2, 0.25) is 0 Å². The predicted molar refractivity (Wildman–Crippen MR) is 125 cm³/mol. The summed E-state index contributed by atoms with van der Waals surface area (Å²) in [5, 5.41) is 2.94. The molecule has 0 bridgehead atoms. The lowest BCUT2D eigenvalue weighted by atomic mass is 10.1. The molecule has 3 rings (SSSR count). The minimum absolute atomic E-state index is 0.196. The number of ether oxygens (including phenoxy) is 2. The third kappa shape index (κ3) is 6.36. The Morgan fingerprint density at radius 2 is 1.63 bits per heavy atom. The Morgan fingerprint density at radius 3 is 2.40 bits per heavy atom. The molecule has 156 valence electrons. The van der Waals surface area contributed by atoms with Gasteiger partial charge in [-0.3, -0.25) is 4.79 Å². The number of nitrogens with one attached hydrogen (secondary N) is 1. The minimum Gasteiger partial charge on any atom is -0.492 e. The normalized spacial score (nSPS) is 10.5. The first-order valence-corrected chi connectivity index (χ1v) is 11.0. The van der Waals surface area contributed by atoms with E-state index in [1.54, 1.807) is 12.1 Å². The number of halogens is 1. The Balaban J connectivity index is 1.60. The molecule has 0 aliphatic carbocycles. The maximum absolute atomic E-state index is 12.7. The van der Waals surface area contributed by atoms with Crippen molar-refractivity contribution < 1.29 is 14.3 Å². The molecular weight excluding hydrogens is 442 g/mol. The van der Waals surface area contributed by atoms with Crippen LogP contribution < -0.4 is 14.8 Å². The van der Waals surface area contributed by atoms with E-state index in [0.29, 0.717) is 36.0 Å². The van der Waals surface area contributed by atoms with Gasteiger partial charge in [0.25, 0.3) is 5.91 Å². The number of hydrogen-bond donors (Lipinski definition) is 1. The molecule has 0 unspecified atom stereocenters. The molecule has 3 aromatic rings. The maximum Gasteiger partial charge on any atom is 0.255 e. The second kappa shape index (κ2) is 11.4. The number of hydrogen-bond acceptors (Lipinski definition) is 3. The second-order valence-corrected chi connectivity index (χ2v) is 7.74. The van der Waals surface area contributed by atoms with Crippen molar-refractivity contribution in [1.29, 1.82) is 0 Å². The van der Waals surface area contributed by atoms with Crippen LogP contribution in [0.15, 0.2) is 77.3 Å². The van der Waals surface area contributed by atoms with Gasteiger partial charge in [-0.25, -0.2) is 0 Å². The van der Waals surface area contributed by atoms with Crippen molar-refractivity contribution >= 4 is 27.5 Å². The number of amides is 1. The first-order chi connectivity index (χ1) is 14.7. The molecule has 3 aromatic carbocycles. The molecule has 0 saturated carbocycles. The SMILES string of the molecule is CCCCOc1ccccc1NC(=O)c1ccc(OCCc2ccccc2)c(Br)c1. The topological polar surface area (TPSA) is 47.6 Å². The highest BCUT2D eigenvalue weighted by atomic mass is 79.9. The number of rotatable bonds is 10.